The van der Waals surface area contributed by atoms with Crippen LogP contribution in [0, 0.1) is 17.6 Å². The van der Waals surface area contributed by atoms with Crippen LogP contribution in [0.5, 0.6) is 0 Å². The lowest BCUT2D eigenvalue weighted by molar-refractivity contribution is 0.0963. The molecule has 2 aromatic heterocycles. The van der Waals surface area contributed by atoms with Gasteiger partial charge >= 0.3 is 0 Å². The number of anilines is 1. The largest absolute Gasteiger partial charge is 0.355 e. The minimum atomic E-state index is -0.907. The molecule has 0 bridgehead atoms. The summed E-state index contributed by atoms with van der Waals surface area (Å²) in [6, 6.07) is 8.82. The molecule has 1 aliphatic rings. The van der Waals surface area contributed by atoms with Crippen LogP contribution < -0.4 is 16.0 Å². The zero-order valence-electron chi connectivity index (χ0n) is 20.2. The first-order valence-electron chi connectivity index (χ1n) is 12.1. The lowest BCUT2D eigenvalue weighted by Crippen LogP contribution is -2.32. The number of imidazole rings is 1. The van der Waals surface area contributed by atoms with Crippen LogP contribution in [0.25, 0.3) is 22.6 Å². The number of aromatic nitrogens is 4. The Kier molecular flexibility index (Phi) is 7.29. The molecule has 3 N–H and O–H groups in total. The average molecular weight is 526 g/mol. The number of nitrogens with one attached hydrogen (secondary N) is 3. The Morgan fingerprint density at radius 3 is 2.81 bits per heavy atom. The van der Waals surface area contributed by atoms with E-state index in [1.165, 1.54) is 6.07 Å². The highest BCUT2D eigenvalue weighted by Gasteiger charge is 2.22. The molecule has 4 aromatic rings. The van der Waals surface area contributed by atoms with E-state index < -0.39 is 11.6 Å². The van der Waals surface area contributed by atoms with Gasteiger partial charge in [-0.05, 0) is 67.7 Å². The van der Waals surface area contributed by atoms with E-state index in [0.717, 1.165) is 38.1 Å². The van der Waals surface area contributed by atoms with Crippen molar-refractivity contribution in [3.8, 4) is 11.4 Å². The number of rotatable bonds is 7. The van der Waals surface area contributed by atoms with Gasteiger partial charge in [0.25, 0.3) is 5.91 Å². The Labute approximate surface area is 217 Å². The van der Waals surface area contributed by atoms with Crippen LogP contribution in [0.4, 0.5) is 14.7 Å². The molecule has 2 aromatic carbocycles. The number of hydrogen-bond acceptors (Lipinski definition) is 6. The lowest BCUT2D eigenvalue weighted by Gasteiger charge is -2.24. The summed E-state index contributed by atoms with van der Waals surface area (Å²) in [4.78, 5) is 26.2. The van der Waals surface area contributed by atoms with Crippen molar-refractivity contribution in [3.05, 3.63) is 70.4 Å². The van der Waals surface area contributed by atoms with Crippen molar-refractivity contribution in [1.82, 2.24) is 30.2 Å². The van der Waals surface area contributed by atoms with Crippen molar-refractivity contribution in [2.24, 2.45) is 5.92 Å². The van der Waals surface area contributed by atoms with E-state index >= 15 is 0 Å². The Balaban J connectivity index is 1.54. The van der Waals surface area contributed by atoms with Crippen molar-refractivity contribution in [3.63, 3.8) is 0 Å². The van der Waals surface area contributed by atoms with E-state index in [1.807, 2.05) is 4.57 Å². The molecule has 8 nitrogen and oxygen atoms in total. The van der Waals surface area contributed by atoms with E-state index in [9.17, 15) is 13.6 Å². The van der Waals surface area contributed by atoms with Crippen LogP contribution >= 0.6 is 11.6 Å². The molecule has 0 radical (unpaired) electrons. The second kappa shape index (κ2) is 10.8. The normalized spacial score (nSPS) is 15.6. The van der Waals surface area contributed by atoms with Gasteiger partial charge in [-0.2, -0.15) is 4.98 Å². The van der Waals surface area contributed by atoms with Crippen LogP contribution in [0.1, 0.15) is 28.8 Å². The van der Waals surface area contributed by atoms with Crippen LogP contribution in [-0.2, 0) is 13.1 Å². The number of amides is 1. The number of nitrogens with zero attached hydrogens (tertiary/aromatic N) is 4. The summed E-state index contributed by atoms with van der Waals surface area (Å²) in [6.45, 7) is 2.74. The van der Waals surface area contributed by atoms with Gasteiger partial charge in [0.05, 0.1) is 11.2 Å². The summed E-state index contributed by atoms with van der Waals surface area (Å²) < 4.78 is 28.9. The number of benzene rings is 2. The number of hydrogen-bond donors (Lipinski definition) is 3. The maximum atomic E-state index is 13.6. The highest BCUT2D eigenvalue weighted by atomic mass is 35.5. The summed E-state index contributed by atoms with van der Waals surface area (Å²) in [7, 11) is 1.58. The summed E-state index contributed by atoms with van der Waals surface area (Å²) in [5, 5.41) is 9.62. The van der Waals surface area contributed by atoms with Crippen LogP contribution in [-0.4, -0.2) is 45.6 Å². The summed E-state index contributed by atoms with van der Waals surface area (Å²) in [5.74, 6) is -0.732. The van der Waals surface area contributed by atoms with E-state index in [0.29, 0.717) is 57.1 Å². The first kappa shape index (κ1) is 25.0. The zero-order chi connectivity index (χ0) is 25.9. The zero-order valence-corrected chi connectivity index (χ0v) is 20.9. The van der Waals surface area contributed by atoms with Crippen molar-refractivity contribution < 1.29 is 13.6 Å². The van der Waals surface area contributed by atoms with Crippen LogP contribution in [0.2, 0.25) is 5.02 Å². The first-order valence-corrected chi connectivity index (χ1v) is 12.4. The van der Waals surface area contributed by atoms with Crippen LogP contribution in [0.15, 0.2) is 42.6 Å². The van der Waals surface area contributed by atoms with Gasteiger partial charge in [-0.3, -0.25) is 4.79 Å². The summed E-state index contributed by atoms with van der Waals surface area (Å²) in [5.41, 5.74) is 2.85. The number of piperidine rings is 1. The van der Waals surface area contributed by atoms with E-state index in [2.05, 4.69) is 20.9 Å². The number of carbonyl (C=O) groups is 1. The van der Waals surface area contributed by atoms with Crippen molar-refractivity contribution >= 4 is 34.6 Å². The maximum absolute atomic E-state index is 13.6. The average Bonchev–Trinajstić information content (AvgIpc) is 3.27. The molecule has 11 heteroatoms. The minimum absolute atomic E-state index is 0.219. The van der Waals surface area contributed by atoms with Gasteiger partial charge in [0.15, 0.2) is 17.3 Å². The second-order valence-corrected chi connectivity index (χ2v) is 9.44. The fourth-order valence-electron chi connectivity index (χ4n) is 4.53. The highest BCUT2D eigenvalue weighted by Crippen LogP contribution is 2.32. The Morgan fingerprint density at radius 2 is 2.05 bits per heavy atom. The molecule has 0 unspecified atom stereocenters. The fourth-order valence-corrected chi connectivity index (χ4v) is 4.74. The monoisotopic (exact) mass is 525 g/mol. The Bertz CT molecular complexity index is 1450. The smallest absolute Gasteiger partial charge is 0.251 e. The molecule has 1 atom stereocenters. The molecule has 1 fully saturated rings. The number of fused-ring (bicyclic) bond motifs is 1. The van der Waals surface area contributed by atoms with E-state index in [-0.39, 0.29) is 12.5 Å². The van der Waals surface area contributed by atoms with Gasteiger partial charge in [-0.25, -0.2) is 18.7 Å². The molecule has 0 saturated carbocycles. The van der Waals surface area contributed by atoms with Gasteiger partial charge in [-0.15, -0.1) is 0 Å². The van der Waals surface area contributed by atoms with Gasteiger partial charge in [0, 0.05) is 31.3 Å². The van der Waals surface area contributed by atoms with E-state index in [4.69, 9.17) is 21.6 Å². The summed E-state index contributed by atoms with van der Waals surface area (Å²) >= 11 is 6.59. The Hall–Kier alpha value is -3.63. The predicted octanol–water partition coefficient (Wildman–Crippen LogP) is 4.40. The van der Waals surface area contributed by atoms with Gasteiger partial charge in [0.2, 0.25) is 5.95 Å². The fraction of sp³-hybridized carbons (Fsp3) is 0.308. The SMILES string of the molecule is CNC(=O)c1ccc(Cl)c(-c2nc3cnc(NCc4ccc(F)c(F)c4)nc3n2C[C@@H]2CCCNC2)c1. The molecule has 1 amide bonds. The van der Waals surface area contributed by atoms with E-state index in [1.54, 1.807) is 31.4 Å². The number of halogens is 3. The third kappa shape index (κ3) is 5.40. The van der Waals surface area contributed by atoms with Gasteiger partial charge in [0.1, 0.15) is 11.3 Å². The lowest BCUT2D eigenvalue weighted by atomic mass is 9.99. The van der Waals surface area contributed by atoms with Gasteiger partial charge in [-0.1, -0.05) is 17.7 Å². The maximum Gasteiger partial charge on any atom is 0.251 e. The van der Waals surface area contributed by atoms with Crippen LogP contribution in [0.3, 0.4) is 0 Å². The molecule has 192 valence electrons. The quantitative estimate of drug-likeness (QED) is 0.331. The van der Waals surface area contributed by atoms with Crippen molar-refractivity contribution in [2.75, 3.05) is 25.5 Å². The summed E-state index contributed by atoms with van der Waals surface area (Å²) in [6.07, 6.45) is 3.76. The predicted molar refractivity (Wildman–Crippen MR) is 138 cm³/mol. The van der Waals surface area contributed by atoms with Crippen molar-refractivity contribution in [2.45, 2.75) is 25.9 Å². The molecule has 3 heterocycles. The molecule has 5 rings (SSSR count). The molecule has 1 saturated heterocycles. The molecule has 0 spiro atoms. The topological polar surface area (TPSA) is 96.8 Å². The minimum Gasteiger partial charge on any atom is -0.355 e. The molecule has 37 heavy (non-hydrogen) atoms. The molecule has 1 aliphatic heterocycles. The van der Waals surface area contributed by atoms with Gasteiger partial charge < -0.3 is 20.5 Å². The highest BCUT2D eigenvalue weighted by molar-refractivity contribution is 6.33. The van der Waals surface area contributed by atoms with Crippen molar-refractivity contribution in [1.29, 1.82) is 0 Å². The number of carbonyl (C=O) groups excluding carboxylic acids is 1. The Morgan fingerprint density at radius 1 is 1.19 bits per heavy atom. The second-order valence-electron chi connectivity index (χ2n) is 9.04. The third-order valence-corrected chi connectivity index (χ3v) is 6.79. The molecular formula is C26H26ClF2N7O. The molecule has 0 aliphatic carbocycles. The molecular weight excluding hydrogens is 500 g/mol. The standard InChI is InChI=1S/C26H26ClF2N7O/c1-30-25(37)17-5-6-19(27)18(10-17)23-34-22-13-33-26(32-12-15-4-7-20(28)21(29)9-15)35-24(22)36(23)14-16-3-2-8-31-11-16/h4-7,9-10,13,16,31H,2-3,8,11-12,14H2,1H3,(H,30,37)(H,32,33,35)/t16-/m1/s1. The third-order valence-electron chi connectivity index (χ3n) is 6.46. The first-order chi connectivity index (χ1) is 17.9.